The second-order valence-electron chi connectivity index (χ2n) is 5.31. The monoisotopic (exact) mass is 458 g/mol. The largest absolute Gasteiger partial charge is 0.463 e. The summed E-state index contributed by atoms with van der Waals surface area (Å²) in [6, 6.07) is 0. The highest BCUT2D eigenvalue weighted by molar-refractivity contribution is 14.1. The van der Waals surface area contributed by atoms with Gasteiger partial charge in [-0.15, -0.1) is 0 Å². The molecule has 0 aliphatic carbocycles. The van der Waals surface area contributed by atoms with Crippen molar-refractivity contribution in [3.05, 3.63) is 0 Å². The molecule has 1 fully saturated rings. The van der Waals surface area contributed by atoms with Crippen molar-refractivity contribution in [3.8, 4) is 0 Å². The maximum Gasteiger partial charge on any atom is 0.303 e. The molecule has 8 nitrogen and oxygen atoms in total. The number of carbonyl (C=O) groups excluding carboxylic acids is 3. The summed E-state index contributed by atoms with van der Waals surface area (Å²) in [5, 5.41) is 0. The highest BCUT2D eigenvalue weighted by atomic mass is 127. The molecule has 0 spiro atoms. The van der Waals surface area contributed by atoms with Crippen LogP contribution in [0.1, 0.15) is 34.1 Å². The highest BCUT2D eigenvalue weighted by Crippen LogP contribution is 2.32. The van der Waals surface area contributed by atoms with E-state index in [2.05, 4.69) is 0 Å². The van der Waals surface area contributed by atoms with Crippen molar-refractivity contribution in [1.82, 2.24) is 0 Å². The molecule has 9 heteroatoms. The number of rotatable bonds is 7. The van der Waals surface area contributed by atoms with Crippen molar-refractivity contribution in [3.63, 3.8) is 0 Å². The molecule has 0 aromatic carbocycles. The minimum Gasteiger partial charge on any atom is -0.463 e. The zero-order valence-corrected chi connectivity index (χ0v) is 16.3. The third kappa shape index (κ3) is 6.52. The minimum atomic E-state index is -0.894. The summed E-state index contributed by atoms with van der Waals surface area (Å²) in [6.07, 6.45) is -2.36. The van der Waals surface area contributed by atoms with Crippen molar-refractivity contribution < 1.29 is 38.1 Å². The van der Waals surface area contributed by atoms with E-state index in [9.17, 15) is 14.4 Å². The molecular formula is C15H23IO8. The number of ether oxygens (including phenoxy) is 5. The first-order valence-corrected chi connectivity index (χ1v) is 8.89. The number of hydrogen-bond donors (Lipinski definition) is 0. The van der Waals surface area contributed by atoms with Crippen LogP contribution < -0.4 is 0 Å². The third-order valence-corrected chi connectivity index (χ3v) is 4.41. The van der Waals surface area contributed by atoms with Crippen molar-refractivity contribution in [2.75, 3.05) is 13.2 Å². The Bertz CT molecular complexity index is 455. The summed E-state index contributed by atoms with van der Waals surface area (Å²) in [5.41, 5.74) is 0. The van der Waals surface area contributed by atoms with Gasteiger partial charge >= 0.3 is 17.9 Å². The molecule has 1 saturated heterocycles. The van der Waals surface area contributed by atoms with Crippen molar-refractivity contribution in [2.45, 2.75) is 62.6 Å². The summed E-state index contributed by atoms with van der Waals surface area (Å²) < 4.78 is 26.7. The van der Waals surface area contributed by atoms with E-state index in [0.717, 1.165) is 6.42 Å². The molecule has 138 valence electrons. The quantitative estimate of drug-likeness (QED) is 0.244. The van der Waals surface area contributed by atoms with Gasteiger partial charge in [0.25, 0.3) is 0 Å². The van der Waals surface area contributed by atoms with E-state index in [1.807, 2.05) is 29.5 Å². The van der Waals surface area contributed by atoms with E-state index < -0.39 is 46.4 Å². The second kappa shape index (κ2) is 10.1. The molecule has 0 N–H and O–H groups in total. The molecule has 0 bridgehead atoms. The molecule has 1 aliphatic rings. The van der Waals surface area contributed by atoms with Crippen LogP contribution in [0.4, 0.5) is 0 Å². The average molecular weight is 458 g/mol. The van der Waals surface area contributed by atoms with Crippen LogP contribution in [-0.4, -0.2) is 59.6 Å². The normalized spacial score (nSPS) is 29.6. The second-order valence-corrected chi connectivity index (χ2v) is 6.75. The highest BCUT2D eigenvalue weighted by Gasteiger charge is 2.49. The first kappa shape index (κ1) is 21.1. The number of hydrogen-bond acceptors (Lipinski definition) is 8. The molecular weight excluding hydrogens is 435 g/mol. The van der Waals surface area contributed by atoms with Gasteiger partial charge in [0.2, 0.25) is 0 Å². The van der Waals surface area contributed by atoms with Gasteiger partial charge in [-0.05, 0) is 6.42 Å². The van der Waals surface area contributed by atoms with E-state index in [0.29, 0.717) is 6.61 Å². The predicted octanol–water partition coefficient (Wildman–Crippen LogP) is 1.37. The van der Waals surface area contributed by atoms with E-state index in [1.54, 1.807) is 0 Å². The molecule has 1 aliphatic heterocycles. The van der Waals surface area contributed by atoms with Gasteiger partial charge in [-0.3, -0.25) is 14.4 Å². The predicted molar refractivity (Wildman–Crippen MR) is 90.5 cm³/mol. The number of esters is 3. The molecule has 1 heterocycles. The maximum atomic E-state index is 11.4. The molecule has 24 heavy (non-hydrogen) atoms. The van der Waals surface area contributed by atoms with Gasteiger partial charge in [0, 0.05) is 27.4 Å². The standard InChI is InChI=1S/C15H23IO8/c1-5-6-20-15-12(16)14(23-10(4)19)13(22-9(3)18)11(24-15)7-21-8(2)17/h11-15H,5-7H2,1-4H3/t11-,12+,13-,14-,15+/m1/s1. The van der Waals surface area contributed by atoms with Gasteiger partial charge in [0.05, 0.1) is 0 Å². The van der Waals surface area contributed by atoms with Crippen LogP contribution in [0.15, 0.2) is 0 Å². The fourth-order valence-corrected chi connectivity index (χ4v) is 3.16. The maximum absolute atomic E-state index is 11.4. The Balaban J connectivity index is 3.01. The van der Waals surface area contributed by atoms with Gasteiger partial charge in [-0.1, -0.05) is 29.5 Å². The lowest BCUT2D eigenvalue weighted by molar-refractivity contribution is -0.259. The van der Waals surface area contributed by atoms with Crippen LogP contribution in [0.2, 0.25) is 0 Å². The Morgan fingerprint density at radius 1 is 1.00 bits per heavy atom. The van der Waals surface area contributed by atoms with E-state index in [4.69, 9.17) is 23.7 Å². The number of alkyl halides is 1. The SMILES string of the molecule is CCCO[C@H]1O[C@H](COC(C)=O)[C@@H](OC(C)=O)[C@H](OC(C)=O)[C@@H]1I. The molecule has 0 aromatic heterocycles. The van der Waals surface area contributed by atoms with Gasteiger partial charge in [0.15, 0.2) is 18.5 Å². The van der Waals surface area contributed by atoms with Crippen molar-refractivity contribution >= 4 is 40.5 Å². The van der Waals surface area contributed by atoms with Gasteiger partial charge in [0.1, 0.15) is 16.6 Å². The van der Waals surface area contributed by atoms with E-state index in [1.165, 1.54) is 20.8 Å². The molecule has 0 unspecified atom stereocenters. The number of halogens is 1. The van der Waals surface area contributed by atoms with E-state index >= 15 is 0 Å². The van der Waals surface area contributed by atoms with Crippen LogP contribution in [0.25, 0.3) is 0 Å². The fourth-order valence-electron chi connectivity index (χ4n) is 2.23. The van der Waals surface area contributed by atoms with Crippen LogP contribution in [0.3, 0.4) is 0 Å². The van der Waals surface area contributed by atoms with E-state index in [-0.39, 0.29) is 6.61 Å². The Kier molecular flexibility index (Phi) is 8.92. The molecule has 0 saturated carbocycles. The van der Waals surface area contributed by atoms with Crippen LogP contribution in [0, 0.1) is 0 Å². The molecule has 0 amide bonds. The summed E-state index contributed by atoms with van der Waals surface area (Å²) in [4.78, 5) is 34.0. The van der Waals surface area contributed by atoms with Gasteiger partial charge in [-0.2, -0.15) is 0 Å². The number of carbonyl (C=O) groups is 3. The third-order valence-electron chi connectivity index (χ3n) is 3.11. The molecule has 5 atom stereocenters. The van der Waals surface area contributed by atoms with Crippen molar-refractivity contribution in [2.24, 2.45) is 0 Å². The fraction of sp³-hybridized carbons (Fsp3) is 0.800. The van der Waals surface area contributed by atoms with Gasteiger partial charge < -0.3 is 23.7 Å². The van der Waals surface area contributed by atoms with Gasteiger partial charge in [-0.25, -0.2) is 0 Å². The lowest BCUT2D eigenvalue weighted by atomic mass is 10.0. The Hall–Kier alpha value is -0.940. The summed E-state index contributed by atoms with van der Waals surface area (Å²) >= 11 is 2.04. The minimum absolute atomic E-state index is 0.139. The molecule has 1 rings (SSSR count). The Labute approximate surface area is 154 Å². The zero-order valence-electron chi connectivity index (χ0n) is 14.2. The topological polar surface area (TPSA) is 97.4 Å². The summed E-state index contributed by atoms with van der Waals surface area (Å²) in [6.45, 7) is 6.05. The first-order valence-electron chi connectivity index (χ1n) is 7.65. The smallest absolute Gasteiger partial charge is 0.303 e. The molecule has 0 aromatic rings. The van der Waals surface area contributed by atoms with Crippen LogP contribution in [-0.2, 0) is 38.1 Å². The molecule has 0 radical (unpaired) electrons. The zero-order chi connectivity index (χ0) is 18.3. The Morgan fingerprint density at radius 3 is 2.08 bits per heavy atom. The van der Waals surface area contributed by atoms with Crippen LogP contribution in [0.5, 0.6) is 0 Å². The van der Waals surface area contributed by atoms with Crippen LogP contribution >= 0.6 is 22.6 Å². The lowest BCUT2D eigenvalue weighted by Crippen LogP contribution is -2.60. The van der Waals surface area contributed by atoms with Crippen molar-refractivity contribution in [1.29, 1.82) is 0 Å². The first-order chi connectivity index (χ1) is 11.3. The Morgan fingerprint density at radius 2 is 1.58 bits per heavy atom. The summed E-state index contributed by atoms with van der Waals surface area (Å²) in [7, 11) is 0. The lowest BCUT2D eigenvalue weighted by Gasteiger charge is -2.42. The average Bonchev–Trinajstić information content (AvgIpc) is 2.48. The summed E-state index contributed by atoms with van der Waals surface area (Å²) in [5.74, 6) is -1.56.